The summed E-state index contributed by atoms with van der Waals surface area (Å²) in [5, 5.41) is 5.62. The van der Waals surface area contributed by atoms with E-state index in [0.717, 1.165) is 24.5 Å². The number of carbonyl (C=O) groups is 1. The quantitative estimate of drug-likeness (QED) is 0.710. The predicted octanol–water partition coefficient (Wildman–Crippen LogP) is -0.476. The molecule has 118 valence electrons. The number of nitrogens with one attached hydrogen (secondary N) is 2. The average molecular weight is 333 g/mol. The smallest absolute Gasteiger partial charge is 0.317 e. The minimum absolute atomic E-state index is 0.163. The Labute approximate surface area is 128 Å². The number of sulfonamides is 1. The van der Waals surface area contributed by atoms with Crippen molar-refractivity contribution in [2.75, 3.05) is 50.4 Å². The SMILES string of the molecule is CS(=O)(=O)NCCNC(=O)N1CCN(c2nccs2)CC1. The number of nitrogens with zero attached hydrogens (tertiary/aromatic N) is 3. The van der Waals surface area contributed by atoms with Crippen LogP contribution in [0.15, 0.2) is 11.6 Å². The summed E-state index contributed by atoms with van der Waals surface area (Å²) in [5.74, 6) is 0. The van der Waals surface area contributed by atoms with Crippen LogP contribution in [0.3, 0.4) is 0 Å². The van der Waals surface area contributed by atoms with Crippen LogP contribution >= 0.6 is 11.3 Å². The number of rotatable bonds is 5. The molecule has 2 N–H and O–H groups in total. The highest BCUT2D eigenvalue weighted by atomic mass is 32.2. The van der Waals surface area contributed by atoms with Gasteiger partial charge in [0.2, 0.25) is 10.0 Å². The highest BCUT2D eigenvalue weighted by Gasteiger charge is 2.21. The molecule has 8 nitrogen and oxygen atoms in total. The molecule has 0 atom stereocenters. The number of aromatic nitrogens is 1. The lowest BCUT2D eigenvalue weighted by molar-refractivity contribution is 0.194. The molecule has 0 bridgehead atoms. The van der Waals surface area contributed by atoms with E-state index in [2.05, 4.69) is 19.9 Å². The molecule has 2 amide bonds. The van der Waals surface area contributed by atoms with Gasteiger partial charge < -0.3 is 15.1 Å². The molecule has 0 spiro atoms. The van der Waals surface area contributed by atoms with Crippen LogP contribution in [0.1, 0.15) is 0 Å². The Hall–Kier alpha value is -1.39. The third-order valence-electron chi connectivity index (χ3n) is 3.02. The van der Waals surface area contributed by atoms with E-state index in [0.29, 0.717) is 13.1 Å². The maximum absolute atomic E-state index is 11.9. The summed E-state index contributed by atoms with van der Waals surface area (Å²) in [7, 11) is -3.21. The Morgan fingerprint density at radius 1 is 1.33 bits per heavy atom. The van der Waals surface area contributed by atoms with Crippen LogP contribution in [-0.4, -0.2) is 69.9 Å². The normalized spacial score (nSPS) is 16.0. The maximum atomic E-state index is 11.9. The Bertz CT molecular complexity index is 552. The molecule has 2 rings (SSSR count). The summed E-state index contributed by atoms with van der Waals surface area (Å²) in [6.45, 7) is 3.24. The first-order valence-corrected chi connectivity index (χ1v) is 9.35. The highest BCUT2D eigenvalue weighted by Crippen LogP contribution is 2.18. The molecule has 2 heterocycles. The zero-order valence-electron chi connectivity index (χ0n) is 11.8. The molecule has 0 aliphatic carbocycles. The largest absolute Gasteiger partial charge is 0.345 e. The summed E-state index contributed by atoms with van der Waals surface area (Å²) in [6, 6.07) is -0.163. The van der Waals surface area contributed by atoms with Gasteiger partial charge in [0.1, 0.15) is 0 Å². The standard InChI is InChI=1S/C11H19N5O3S2/c1-21(18,19)14-3-2-12-10(17)15-5-7-16(8-6-15)11-13-4-9-20-11/h4,9,14H,2-3,5-8H2,1H3,(H,12,17). The van der Waals surface area contributed by atoms with Crippen molar-refractivity contribution < 1.29 is 13.2 Å². The Morgan fingerprint density at radius 2 is 2.05 bits per heavy atom. The number of amides is 2. The summed E-state index contributed by atoms with van der Waals surface area (Å²) in [6.07, 6.45) is 2.86. The van der Waals surface area contributed by atoms with Crippen molar-refractivity contribution >= 4 is 32.5 Å². The first-order chi connectivity index (χ1) is 9.96. The number of carbonyl (C=O) groups excluding carboxylic acids is 1. The van der Waals surface area contributed by atoms with Crippen molar-refractivity contribution in [2.45, 2.75) is 0 Å². The van der Waals surface area contributed by atoms with E-state index < -0.39 is 10.0 Å². The van der Waals surface area contributed by atoms with Crippen molar-refractivity contribution in [3.63, 3.8) is 0 Å². The van der Waals surface area contributed by atoms with Gasteiger partial charge in [-0.1, -0.05) is 0 Å². The lowest BCUT2D eigenvalue weighted by Crippen LogP contribution is -2.52. The van der Waals surface area contributed by atoms with E-state index >= 15 is 0 Å². The molecule has 1 fully saturated rings. The number of piperazine rings is 1. The van der Waals surface area contributed by atoms with E-state index in [1.54, 1.807) is 22.4 Å². The number of urea groups is 1. The molecule has 1 aliphatic heterocycles. The molecule has 1 saturated heterocycles. The maximum Gasteiger partial charge on any atom is 0.317 e. The lowest BCUT2D eigenvalue weighted by atomic mass is 10.3. The Balaban J connectivity index is 1.68. The van der Waals surface area contributed by atoms with Crippen molar-refractivity contribution in [2.24, 2.45) is 0 Å². The second-order valence-corrected chi connectivity index (χ2v) is 7.39. The monoisotopic (exact) mass is 333 g/mol. The van der Waals surface area contributed by atoms with Gasteiger partial charge in [-0.05, 0) is 0 Å². The molecule has 1 aromatic heterocycles. The summed E-state index contributed by atoms with van der Waals surface area (Å²) in [4.78, 5) is 20.1. The predicted molar refractivity (Wildman–Crippen MR) is 82.1 cm³/mol. The van der Waals surface area contributed by atoms with E-state index in [-0.39, 0.29) is 19.1 Å². The first kappa shape index (κ1) is 16.0. The lowest BCUT2D eigenvalue weighted by Gasteiger charge is -2.34. The van der Waals surface area contributed by atoms with Gasteiger partial charge in [0.15, 0.2) is 5.13 Å². The second-order valence-electron chi connectivity index (χ2n) is 4.69. The van der Waals surface area contributed by atoms with Crippen LogP contribution < -0.4 is 14.9 Å². The zero-order chi connectivity index (χ0) is 15.3. The van der Waals surface area contributed by atoms with Gasteiger partial charge in [0, 0.05) is 50.8 Å². The fraction of sp³-hybridized carbons (Fsp3) is 0.636. The zero-order valence-corrected chi connectivity index (χ0v) is 13.4. The van der Waals surface area contributed by atoms with E-state index in [1.807, 2.05) is 5.38 Å². The fourth-order valence-corrected chi connectivity index (χ4v) is 3.16. The number of hydrogen-bond acceptors (Lipinski definition) is 6. The van der Waals surface area contributed by atoms with Gasteiger partial charge in [-0.25, -0.2) is 22.9 Å². The molecule has 1 aromatic rings. The Kier molecular flexibility index (Phi) is 5.37. The minimum atomic E-state index is -3.21. The van der Waals surface area contributed by atoms with Crippen LogP contribution in [0, 0.1) is 0 Å². The van der Waals surface area contributed by atoms with Crippen LogP contribution in [-0.2, 0) is 10.0 Å². The van der Waals surface area contributed by atoms with E-state index in [9.17, 15) is 13.2 Å². The molecule has 0 aromatic carbocycles. The van der Waals surface area contributed by atoms with Gasteiger partial charge in [-0.2, -0.15) is 0 Å². The molecule has 0 saturated carbocycles. The molecule has 0 unspecified atom stereocenters. The minimum Gasteiger partial charge on any atom is -0.345 e. The summed E-state index contributed by atoms with van der Waals surface area (Å²) < 4.78 is 24.1. The van der Waals surface area contributed by atoms with Crippen molar-refractivity contribution in [3.05, 3.63) is 11.6 Å². The van der Waals surface area contributed by atoms with Gasteiger partial charge in [-0.3, -0.25) is 0 Å². The van der Waals surface area contributed by atoms with E-state index in [1.165, 1.54) is 0 Å². The third kappa shape index (κ3) is 5.14. The molecular formula is C11H19N5O3S2. The topological polar surface area (TPSA) is 94.6 Å². The number of anilines is 1. The third-order valence-corrected chi connectivity index (χ3v) is 4.58. The summed E-state index contributed by atoms with van der Waals surface area (Å²) >= 11 is 1.59. The second kappa shape index (κ2) is 7.05. The molecule has 1 aliphatic rings. The fourth-order valence-electron chi connectivity index (χ4n) is 1.99. The van der Waals surface area contributed by atoms with Gasteiger partial charge in [0.25, 0.3) is 0 Å². The van der Waals surface area contributed by atoms with Gasteiger partial charge in [0.05, 0.1) is 6.26 Å². The summed E-state index contributed by atoms with van der Waals surface area (Å²) in [5.41, 5.74) is 0. The van der Waals surface area contributed by atoms with Crippen molar-refractivity contribution in [3.8, 4) is 0 Å². The van der Waals surface area contributed by atoms with Crippen LogP contribution in [0.5, 0.6) is 0 Å². The first-order valence-electron chi connectivity index (χ1n) is 6.57. The van der Waals surface area contributed by atoms with E-state index in [4.69, 9.17) is 0 Å². The average Bonchev–Trinajstić information content (AvgIpc) is 2.96. The Morgan fingerprint density at radius 3 is 2.62 bits per heavy atom. The van der Waals surface area contributed by atoms with Crippen LogP contribution in [0.2, 0.25) is 0 Å². The number of thiazole rings is 1. The van der Waals surface area contributed by atoms with Gasteiger partial charge in [-0.15, -0.1) is 11.3 Å². The van der Waals surface area contributed by atoms with Gasteiger partial charge >= 0.3 is 6.03 Å². The van der Waals surface area contributed by atoms with Crippen molar-refractivity contribution in [1.29, 1.82) is 0 Å². The molecule has 21 heavy (non-hydrogen) atoms. The molecule has 0 radical (unpaired) electrons. The number of hydrogen-bond donors (Lipinski definition) is 2. The van der Waals surface area contributed by atoms with Crippen LogP contribution in [0.25, 0.3) is 0 Å². The van der Waals surface area contributed by atoms with Crippen LogP contribution in [0.4, 0.5) is 9.93 Å². The molecule has 10 heteroatoms. The highest BCUT2D eigenvalue weighted by molar-refractivity contribution is 7.88. The van der Waals surface area contributed by atoms with Crippen molar-refractivity contribution in [1.82, 2.24) is 19.9 Å². The molecular weight excluding hydrogens is 314 g/mol.